The minimum absolute atomic E-state index is 0.274. The van der Waals surface area contributed by atoms with E-state index in [0.717, 1.165) is 12.0 Å². The van der Waals surface area contributed by atoms with E-state index in [0.29, 0.717) is 18.0 Å². The number of likely N-dealkylation sites (N-methyl/N-ethyl adjacent to an activating group) is 1. The van der Waals surface area contributed by atoms with E-state index in [2.05, 4.69) is 5.32 Å². The quantitative estimate of drug-likeness (QED) is 0.809. The lowest BCUT2D eigenvalue weighted by molar-refractivity contribution is -0.156. The summed E-state index contributed by atoms with van der Waals surface area (Å²) in [4.78, 5) is 23.3. The molecular formula is C17H23NO5. The van der Waals surface area contributed by atoms with Crippen LogP contribution in [0.4, 0.5) is 0 Å². The Bertz CT molecular complexity index is 597. The van der Waals surface area contributed by atoms with Crippen molar-refractivity contribution in [2.45, 2.75) is 45.8 Å². The van der Waals surface area contributed by atoms with Gasteiger partial charge in [-0.05, 0) is 33.8 Å². The standard InChI is InChI=1S/C17H23NO5/c1-5-18-16(20)11(2)22-14(19)10-21-13-8-6-7-12-9-17(3,4)23-15(12)13/h6-8,11H,5,9-10H2,1-4H3,(H,18,20)/t11-/m0/s1. The molecule has 0 saturated carbocycles. The van der Waals surface area contributed by atoms with E-state index in [-0.39, 0.29) is 18.1 Å². The van der Waals surface area contributed by atoms with Gasteiger partial charge in [0.2, 0.25) is 0 Å². The van der Waals surface area contributed by atoms with Crippen LogP contribution in [0.15, 0.2) is 18.2 Å². The normalized spacial score (nSPS) is 16.0. The zero-order valence-corrected chi connectivity index (χ0v) is 14.0. The summed E-state index contributed by atoms with van der Waals surface area (Å²) in [5.41, 5.74) is 0.770. The molecule has 0 spiro atoms. The predicted octanol–water partition coefficient (Wildman–Crippen LogP) is 1.85. The van der Waals surface area contributed by atoms with E-state index in [1.165, 1.54) is 6.92 Å². The number of amides is 1. The van der Waals surface area contributed by atoms with Crippen molar-refractivity contribution in [1.82, 2.24) is 5.32 Å². The van der Waals surface area contributed by atoms with Crippen molar-refractivity contribution in [3.63, 3.8) is 0 Å². The zero-order chi connectivity index (χ0) is 17.0. The average molecular weight is 321 g/mol. The highest BCUT2D eigenvalue weighted by atomic mass is 16.6. The molecule has 0 unspecified atom stereocenters. The summed E-state index contributed by atoms with van der Waals surface area (Å²) in [6.45, 7) is 7.53. The lowest BCUT2D eigenvalue weighted by Gasteiger charge is -2.18. The fraction of sp³-hybridized carbons (Fsp3) is 0.529. The van der Waals surface area contributed by atoms with Crippen LogP contribution in [0.2, 0.25) is 0 Å². The second kappa shape index (κ2) is 6.89. The maximum Gasteiger partial charge on any atom is 0.344 e. The molecule has 23 heavy (non-hydrogen) atoms. The Labute approximate surface area is 136 Å². The van der Waals surface area contributed by atoms with Gasteiger partial charge in [0.25, 0.3) is 5.91 Å². The molecule has 1 amide bonds. The van der Waals surface area contributed by atoms with Crippen molar-refractivity contribution >= 4 is 11.9 Å². The first-order valence-electron chi connectivity index (χ1n) is 7.73. The van der Waals surface area contributed by atoms with Crippen LogP contribution in [0.3, 0.4) is 0 Å². The fourth-order valence-electron chi connectivity index (χ4n) is 2.44. The van der Waals surface area contributed by atoms with E-state index in [1.54, 1.807) is 13.0 Å². The molecule has 1 N–H and O–H groups in total. The molecular weight excluding hydrogens is 298 g/mol. The highest BCUT2D eigenvalue weighted by Gasteiger charge is 2.32. The van der Waals surface area contributed by atoms with Gasteiger partial charge in [0.05, 0.1) is 0 Å². The molecule has 0 bridgehead atoms. The number of ether oxygens (including phenoxy) is 3. The fourth-order valence-corrected chi connectivity index (χ4v) is 2.44. The van der Waals surface area contributed by atoms with Crippen LogP contribution in [0.5, 0.6) is 11.5 Å². The first-order valence-corrected chi connectivity index (χ1v) is 7.73. The molecule has 0 radical (unpaired) electrons. The van der Waals surface area contributed by atoms with E-state index >= 15 is 0 Å². The lowest BCUT2D eigenvalue weighted by atomic mass is 10.0. The van der Waals surface area contributed by atoms with Gasteiger partial charge in [-0.25, -0.2) is 4.79 Å². The van der Waals surface area contributed by atoms with E-state index in [4.69, 9.17) is 14.2 Å². The largest absolute Gasteiger partial charge is 0.483 e. The van der Waals surface area contributed by atoms with Gasteiger partial charge < -0.3 is 19.5 Å². The van der Waals surface area contributed by atoms with Crippen LogP contribution < -0.4 is 14.8 Å². The molecule has 6 heteroatoms. The Balaban J connectivity index is 1.91. The topological polar surface area (TPSA) is 73.9 Å². The van der Waals surface area contributed by atoms with E-state index < -0.39 is 12.1 Å². The van der Waals surface area contributed by atoms with Crippen molar-refractivity contribution in [2.75, 3.05) is 13.2 Å². The zero-order valence-electron chi connectivity index (χ0n) is 14.0. The van der Waals surface area contributed by atoms with E-state index in [1.807, 2.05) is 26.0 Å². The Kier molecular flexibility index (Phi) is 5.13. The second-order valence-corrected chi connectivity index (χ2v) is 6.10. The predicted molar refractivity (Wildman–Crippen MR) is 84.6 cm³/mol. The minimum atomic E-state index is -0.845. The number of rotatable bonds is 6. The molecule has 0 fully saturated rings. The number of para-hydroxylation sites is 1. The molecule has 126 valence electrons. The van der Waals surface area contributed by atoms with Crippen LogP contribution >= 0.6 is 0 Å². The molecule has 1 aromatic rings. The van der Waals surface area contributed by atoms with Gasteiger partial charge in [0.15, 0.2) is 24.2 Å². The van der Waals surface area contributed by atoms with Crippen LogP contribution in [0, 0.1) is 0 Å². The number of nitrogens with one attached hydrogen (secondary N) is 1. The molecule has 1 aromatic carbocycles. The second-order valence-electron chi connectivity index (χ2n) is 6.10. The summed E-state index contributed by atoms with van der Waals surface area (Å²) in [6.07, 6.45) is -0.0548. The molecule has 2 rings (SSSR count). The summed E-state index contributed by atoms with van der Waals surface area (Å²) in [5, 5.41) is 2.59. The Morgan fingerprint density at radius 3 is 2.83 bits per heavy atom. The molecule has 1 heterocycles. The highest BCUT2D eigenvalue weighted by Crippen LogP contribution is 2.41. The van der Waals surface area contributed by atoms with E-state index in [9.17, 15) is 9.59 Å². The number of benzene rings is 1. The maximum absolute atomic E-state index is 11.8. The third kappa shape index (κ3) is 4.37. The number of hydrogen-bond donors (Lipinski definition) is 1. The van der Waals surface area contributed by atoms with Gasteiger partial charge in [-0.1, -0.05) is 12.1 Å². The molecule has 6 nitrogen and oxygen atoms in total. The number of fused-ring (bicyclic) bond motifs is 1. The average Bonchev–Trinajstić information content (AvgIpc) is 2.79. The van der Waals surface area contributed by atoms with Gasteiger partial charge in [0.1, 0.15) is 5.60 Å². The van der Waals surface area contributed by atoms with Gasteiger partial charge in [-0.15, -0.1) is 0 Å². The van der Waals surface area contributed by atoms with Crippen LogP contribution in [0.25, 0.3) is 0 Å². The van der Waals surface area contributed by atoms with Crippen molar-refractivity contribution in [1.29, 1.82) is 0 Å². The summed E-state index contributed by atoms with van der Waals surface area (Å²) in [5.74, 6) is 0.253. The molecule has 0 aliphatic carbocycles. The van der Waals surface area contributed by atoms with Crippen LogP contribution in [0.1, 0.15) is 33.3 Å². The van der Waals surface area contributed by atoms with Crippen molar-refractivity contribution in [2.24, 2.45) is 0 Å². The van der Waals surface area contributed by atoms with Gasteiger partial charge in [-0.2, -0.15) is 0 Å². The van der Waals surface area contributed by atoms with Crippen molar-refractivity contribution < 1.29 is 23.8 Å². The summed E-state index contributed by atoms with van der Waals surface area (Å²) >= 11 is 0. The minimum Gasteiger partial charge on any atom is -0.483 e. The number of carbonyl (C=O) groups excluding carboxylic acids is 2. The third-order valence-corrected chi connectivity index (χ3v) is 3.43. The lowest BCUT2D eigenvalue weighted by Crippen LogP contribution is -2.36. The van der Waals surface area contributed by atoms with Crippen molar-refractivity contribution in [3.05, 3.63) is 23.8 Å². The Morgan fingerprint density at radius 2 is 2.13 bits per heavy atom. The molecule has 1 aliphatic rings. The van der Waals surface area contributed by atoms with Gasteiger partial charge in [-0.3, -0.25) is 4.79 Å². The smallest absolute Gasteiger partial charge is 0.344 e. The number of esters is 1. The summed E-state index contributed by atoms with van der Waals surface area (Å²) in [6, 6.07) is 5.59. The molecule has 0 aromatic heterocycles. The number of carbonyl (C=O) groups is 2. The Hall–Kier alpha value is -2.24. The van der Waals surface area contributed by atoms with Crippen molar-refractivity contribution in [3.8, 4) is 11.5 Å². The van der Waals surface area contributed by atoms with Crippen LogP contribution in [-0.2, 0) is 20.7 Å². The first kappa shape index (κ1) is 17.1. The van der Waals surface area contributed by atoms with Crippen LogP contribution in [-0.4, -0.2) is 36.7 Å². The molecule has 1 atom stereocenters. The SMILES string of the molecule is CCNC(=O)[C@H](C)OC(=O)COc1cccc2c1OC(C)(C)C2. The number of hydrogen-bond acceptors (Lipinski definition) is 5. The summed E-state index contributed by atoms with van der Waals surface area (Å²) in [7, 11) is 0. The van der Waals surface area contributed by atoms with Gasteiger partial charge >= 0.3 is 5.97 Å². The van der Waals surface area contributed by atoms with Gasteiger partial charge in [0, 0.05) is 18.5 Å². The first-order chi connectivity index (χ1) is 10.8. The summed E-state index contributed by atoms with van der Waals surface area (Å²) < 4.78 is 16.4. The monoisotopic (exact) mass is 321 g/mol. The maximum atomic E-state index is 11.8. The molecule has 1 aliphatic heterocycles. The Morgan fingerprint density at radius 1 is 1.39 bits per heavy atom. The third-order valence-electron chi connectivity index (χ3n) is 3.43. The molecule has 0 saturated heterocycles. The highest BCUT2D eigenvalue weighted by molar-refractivity contribution is 5.83.